The normalized spacial score (nSPS) is 25.4. The van der Waals surface area contributed by atoms with Gasteiger partial charge in [-0.3, -0.25) is 4.98 Å². The number of nitrogens with zero attached hydrogens (tertiary/aromatic N) is 6. The van der Waals surface area contributed by atoms with Gasteiger partial charge in [0, 0.05) is 30.8 Å². The van der Waals surface area contributed by atoms with Crippen LogP contribution in [-0.4, -0.2) is 61.4 Å². The van der Waals surface area contributed by atoms with Gasteiger partial charge in [0.05, 0.1) is 36.5 Å². The minimum absolute atomic E-state index is 0.0765. The standard InChI is InChI=1S/C20H21F2N7O/c1-28(17-6-11-2-3-14(26-11)20(17)22)19-10-23-15(9-24-19)12-7-13(21)16(8-18(12)30)29-5-4-25-27-29/h4-5,7-11,14,17,20,26,30H,2-3,6H2,1H3/t11-,14+,17-,20+/m0/s1. The Morgan fingerprint density at radius 3 is 2.83 bits per heavy atom. The molecule has 2 bridgehead atoms. The Balaban J connectivity index is 1.39. The van der Waals surface area contributed by atoms with Crippen LogP contribution in [0.4, 0.5) is 14.6 Å². The molecule has 10 heteroatoms. The lowest BCUT2D eigenvalue weighted by atomic mass is 9.96. The molecule has 2 fully saturated rings. The van der Waals surface area contributed by atoms with Crippen molar-refractivity contribution in [2.45, 2.75) is 43.6 Å². The van der Waals surface area contributed by atoms with Crippen molar-refractivity contribution in [3.63, 3.8) is 0 Å². The zero-order valence-corrected chi connectivity index (χ0v) is 16.3. The first-order valence-electron chi connectivity index (χ1n) is 9.86. The number of nitrogens with one attached hydrogen (secondary N) is 1. The molecule has 2 aromatic heterocycles. The van der Waals surface area contributed by atoms with E-state index in [-0.39, 0.29) is 29.1 Å². The maximum absolute atomic E-state index is 14.8. The number of piperidine rings is 1. The van der Waals surface area contributed by atoms with Gasteiger partial charge in [-0.1, -0.05) is 5.21 Å². The molecule has 2 aliphatic rings. The molecule has 4 heterocycles. The zero-order valence-electron chi connectivity index (χ0n) is 16.3. The predicted molar refractivity (Wildman–Crippen MR) is 106 cm³/mol. The van der Waals surface area contributed by atoms with Crippen molar-refractivity contribution in [3.05, 3.63) is 42.7 Å². The van der Waals surface area contributed by atoms with Gasteiger partial charge in [-0.15, -0.1) is 5.10 Å². The molecule has 0 aliphatic carbocycles. The van der Waals surface area contributed by atoms with E-state index in [1.165, 1.54) is 41.6 Å². The third kappa shape index (κ3) is 3.17. The van der Waals surface area contributed by atoms with Crippen LogP contribution in [0.5, 0.6) is 5.75 Å². The van der Waals surface area contributed by atoms with Crippen LogP contribution >= 0.6 is 0 Å². The van der Waals surface area contributed by atoms with Crippen molar-refractivity contribution in [2.75, 3.05) is 11.9 Å². The molecule has 0 amide bonds. The van der Waals surface area contributed by atoms with E-state index in [4.69, 9.17) is 0 Å². The second kappa shape index (κ2) is 7.28. The highest BCUT2D eigenvalue weighted by atomic mass is 19.1. The molecule has 8 nitrogen and oxygen atoms in total. The van der Waals surface area contributed by atoms with Gasteiger partial charge in [0.2, 0.25) is 0 Å². The SMILES string of the molecule is CN(c1cnc(-c2cc(F)c(-n3ccnn3)cc2O)cn1)[C@H]1C[C@@H]2CC[C@@H](N2)[C@H]1F. The van der Waals surface area contributed by atoms with Crippen LogP contribution in [0.25, 0.3) is 16.9 Å². The lowest BCUT2D eigenvalue weighted by molar-refractivity contribution is 0.176. The smallest absolute Gasteiger partial charge is 0.149 e. The summed E-state index contributed by atoms with van der Waals surface area (Å²) in [5.41, 5.74) is 0.602. The van der Waals surface area contributed by atoms with Gasteiger partial charge in [0.25, 0.3) is 0 Å². The quantitative estimate of drug-likeness (QED) is 0.678. The number of aromatic hydroxyl groups is 1. The number of halogens is 2. The van der Waals surface area contributed by atoms with E-state index in [0.29, 0.717) is 24.0 Å². The van der Waals surface area contributed by atoms with Crippen LogP contribution < -0.4 is 10.2 Å². The fourth-order valence-corrected chi connectivity index (χ4v) is 4.43. The van der Waals surface area contributed by atoms with Crippen molar-refractivity contribution in [2.24, 2.45) is 0 Å². The average molecular weight is 413 g/mol. The number of phenolic OH excluding ortho intramolecular Hbond substituents is 1. The highest BCUT2D eigenvalue weighted by Crippen LogP contribution is 2.34. The molecule has 4 atom stereocenters. The van der Waals surface area contributed by atoms with E-state index in [9.17, 15) is 13.9 Å². The van der Waals surface area contributed by atoms with Crippen LogP contribution in [0.15, 0.2) is 36.9 Å². The number of rotatable bonds is 4. The Morgan fingerprint density at radius 2 is 2.10 bits per heavy atom. The lowest BCUT2D eigenvalue weighted by Crippen LogP contribution is -2.55. The molecule has 0 saturated carbocycles. The zero-order chi connectivity index (χ0) is 20.8. The van der Waals surface area contributed by atoms with Gasteiger partial charge >= 0.3 is 0 Å². The molecule has 1 aromatic carbocycles. The van der Waals surface area contributed by atoms with Crippen LogP contribution in [0, 0.1) is 5.82 Å². The molecular weight excluding hydrogens is 392 g/mol. The number of hydrogen-bond donors (Lipinski definition) is 2. The molecule has 3 aromatic rings. The van der Waals surface area contributed by atoms with Crippen LogP contribution in [0.3, 0.4) is 0 Å². The van der Waals surface area contributed by atoms with E-state index >= 15 is 0 Å². The van der Waals surface area contributed by atoms with E-state index in [2.05, 4.69) is 25.6 Å². The maximum Gasteiger partial charge on any atom is 0.149 e. The first kappa shape index (κ1) is 18.9. The minimum atomic E-state index is -0.974. The van der Waals surface area contributed by atoms with Crippen molar-refractivity contribution >= 4 is 5.82 Å². The van der Waals surface area contributed by atoms with E-state index in [1.807, 2.05) is 11.9 Å². The fraction of sp³-hybridized carbons (Fsp3) is 0.400. The Hall–Kier alpha value is -3.14. The number of benzene rings is 1. The molecule has 2 aliphatic heterocycles. The van der Waals surface area contributed by atoms with Crippen LogP contribution in [-0.2, 0) is 0 Å². The summed E-state index contributed by atoms with van der Waals surface area (Å²) in [7, 11) is 1.82. The number of anilines is 1. The van der Waals surface area contributed by atoms with Gasteiger partial charge in [0.15, 0.2) is 0 Å². The largest absolute Gasteiger partial charge is 0.507 e. The minimum Gasteiger partial charge on any atom is -0.507 e. The Labute approximate surface area is 171 Å². The third-order valence-corrected chi connectivity index (χ3v) is 6.06. The number of phenols is 1. The summed E-state index contributed by atoms with van der Waals surface area (Å²) < 4.78 is 30.6. The summed E-state index contributed by atoms with van der Waals surface area (Å²) in [5, 5.41) is 21.1. The molecule has 30 heavy (non-hydrogen) atoms. The second-order valence-electron chi connectivity index (χ2n) is 7.83. The summed E-state index contributed by atoms with van der Waals surface area (Å²) in [6, 6.07) is 2.41. The summed E-state index contributed by atoms with van der Waals surface area (Å²) >= 11 is 0. The molecule has 2 saturated heterocycles. The second-order valence-corrected chi connectivity index (χ2v) is 7.83. The summed E-state index contributed by atoms with van der Waals surface area (Å²) in [6.45, 7) is 0. The van der Waals surface area contributed by atoms with Gasteiger partial charge in [0.1, 0.15) is 29.2 Å². The first-order valence-corrected chi connectivity index (χ1v) is 9.86. The maximum atomic E-state index is 14.8. The summed E-state index contributed by atoms with van der Waals surface area (Å²) in [4.78, 5) is 10.5. The summed E-state index contributed by atoms with van der Waals surface area (Å²) in [5.74, 6) is -0.204. The molecule has 156 valence electrons. The molecule has 0 radical (unpaired) electrons. The van der Waals surface area contributed by atoms with Crippen molar-refractivity contribution in [1.82, 2.24) is 30.3 Å². The number of hydrogen-bond acceptors (Lipinski definition) is 7. The number of alkyl halides is 1. The van der Waals surface area contributed by atoms with Crippen molar-refractivity contribution < 1.29 is 13.9 Å². The molecule has 0 unspecified atom stereocenters. The average Bonchev–Trinajstić information content (AvgIpc) is 3.42. The van der Waals surface area contributed by atoms with Gasteiger partial charge in [-0.2, -0.15) is 0 Å². The van der Waals surface area contributed by atoms with Crippen LogP contribution in [0.2, 0.25) is 0 Å². The first-order chi connectivity index (χ1) is 14.5. The van der Waals surface area contributed by atoms with Crippen LogP contribution in [0.1, 0.15) is 19.3 Å². The monoisotopic (exact) mass is 413 g/mol. The Kier molecular flexibility index (Phi) is 4.58. The molecule has 5 rings (SSSR count). The predicted octanol–water partition coefficient (Wildman–Crippen LogP) is 2.24. The van der Waals surface area contributed by atoms with Gasteiger partial charge < -0.3 is 15.3 Å². The van der Waals surface area contributed by atoms with E-state index in [1.54, 1.807) is 0 Å². The molecule has 0 spiro atoms. The Morgan fingerprint density at radius 1 is 1.23 bits per heavy atom. The third-order valence-electron chi connectivity index (χ3n) is 6.06. The topological polar surface area (TPSA) is 92.0 Å². The van der Waals surface area contributed by atoms with E-state index < -0.39 is 12.0 Å². The van der Waals surface area contributed by atoms with Crippen molar-refractivity contribution in [1.29, 1.82) is 0 Å². The van der Waals surface area contributed by atoms with Crippen molar-refractivity contribution in [3.8, 4) is 22.7 Å². The Bertz CT molecular complexity index is 1040. The molecular formula is C20H21F2N7O. The fourth-order valence-electron chi connectivity index (χ4n) is 4.43. The summed E-state index contributed by atoms with van der Waals surface area (Å²) in [6.07, 6.45) is 7.47. The molecule has 2 N–H and O–H groups in total. The number of aromatic nitrogens is 5. The van der Waals surface area contributed by atoms with Gasteiger partial charge in [-0.25, -0.2) is 18.4 Å². The van der Waals surface area contributed by atoms with E-state index in [0.717, 1.165) is 12.8 Å². The highest BCUT2D eigenvalue weighted by Gasteiger charge is 2.43. The lowest BCUT2D eigenvalue weighted by Gasteiger charge is -2.38. The van der Waals surface area contributed by atoms with Gasteiger partial charge in [-0.05, 0) is 25.3 Å². The number of fused-ring (bicyclic) bond motifs is 2. The highest BCUT2D eigenvalue weighted by molar-refractivity contribution is 5.69.